The first-order valence-corrected chi connectivity index (χ1v) is 9.31. The number of aryl methyl sites for hydroxylation is 2. The van der Waals surface area contributed by atoms with Crippen LogP contribution in [0.2, 0.25) is 0 Å². The Morgan fingerprint density at radius 3 is 2.60 bits per heavy atom. The number of benzene rings is 1. The van der Waals surface area contributed by atoms with E-state index in [1.807, 2.05) is 52.0 Å². The van der Waals surface area contributed by atoms with Crippen LogP contribution in [-0.4, -0.2) is 27.3 Å². The van der Waals surface area contributed by atoms with Gasteiger partial charge in [0.05, 0.1) is 5.75 Å². The van der Waals surface area contributed by atoms with Crippen LogP contribution in [0.1, 0.15) is 36.2 Å². The molecule has 25 heavy (non-hydrogen) atoms. The first kappa shape index (κ1) is 19.2. The number of rotatable bonds is 6. The third kappa shape index (κ3) is 4.95. The number of carbonyl (C=O) groups excluding carboxylic acids is 1. The van der Waals surface area contributed by atoms with Crippen molar-refractivity contribution in [1.29, 1.82) is 0 Å². The summed E-state index contributed by atoms with van der Waals surface area (Å²) in [5.74, 6) is 0.186. The van der Waals surface area contributed by atoms with Gasteiger partial charge in [0.2, 0.25) is 5.91 Å². The van der Waals surface area contributed by atoms with E-state index in [1.165, 1.54) is 16.3 Å². The summed E-state index contributed by atoms with van der Waals surface area (Å²) in [4.78, 5) is 29.1. The fourth-order valence-electron chi connectivity index (χ4n) is 2.56. The molecule has 2 rings (SSSR count). The number of amides is 1. The minimum Gasteiger partial charge on any atom is -0.353 e. The van der Waals surface area contributed by atoms with Crippen molar-refractivity contribution < 1.29 is 4.79 Å². The topological polar surface area (TPSA) is 64.0 Å². The molecule has 0 saturated carbocycles. The Kier molecular flexibility index (Phi) is 6.42. The lowest BCUT2D eigenvalue weighted by atomic mass is 10.0. The van der Waals surface area contributed by atoms with E-state index in [9.17, 15) is 9.59 Å². The van der Waals surface area contributed by atoms with E-state index in [4.69, 9.17) is 0 Å². The zero-order chi connectivity index (χ0) is 18.6. The minimum atomic E-state index is -0.0594. The second-order valence-electron chi connectivity index (χ2n) is 6.44. The second-order valence-corrected chi connectivity index (χ2v) is 7.38. The number of hydrogen-bond acceptors (Lipinski definition) is 4. The van der Waals surface area contributed by atoms with E-state index in [0.717, 1.165) is 16.8 Å². The molecule has 0 radical (unpaired) electrons. The molecule has 0 aliphatic carbocycles. The smallest absolute Gasteiger partial charge is 0.257 e. The molecule has 0 aliphatic rings. The number of nitrogens with one attached hydrogen (secondary N) is 1. The van der Waals surface area contributed by atoms with Crippen LogP contribution in [-0.2, 0) is 18.3 Å². The Hall–Kier alpha value is -2.08. The van der Waals surface area contributed by atoms with Gasteiger partial charge in [-0.2, -0.15) is 0 Å². The van der Waals surface area contributed by atoms with Crippen molar-refractivity contribution in [3.8, 4) is 0 Å². The molecule has 1 heterocycles. The van der Waals surface area contributed by atoms with E-state index in [2.05, 4.69) is 10.3 Å². The standard InChI is InChI=1S/C19H25N3O2S/c1-12(2)20-17(23)11-25-19-21-14(4)16(18(24)22(19)5)10-15-9-7-6-8-13(15)3/h6-9,12H,10-11H2,1-5H3,(H,20,23). The monoisotopic (exact) mass is 359 g/mol. The average Bonchev–Trinajstić information content (AvgIpc) is 2.54. The van der Waals surface area contributed by atoms with E-state index in [-0.39, 0.29) is 23.3 Å². The van der Waals surface area contributed by atoms with Crippen molar-refractivity contribution >= 4 is 17.7 Å². The van der Waals surface area contributed by atoms with Gasteiger partial charge in [0.1, 0.15) is 0 Å². The van der Waals surface area contributed by atoms with Crippen molar-refractivity contribution in [3.63, 3.8) is 0 Å². The fraction of sp³-hybridized carbons (Fsp3) is 0.421. The third-order valence-electron chi connectivity index (χ3n) is 3.96. The van der Waals surface area contributed by atoms with Crippen molar-refractivity contribution in [2.75, 3.05) is 5.75 Å². The van der Waals surface area contributed by atoms with Gasteiger partial charge in [-0.05, 0) is 38.8 Å². The molecule has 6 heteroatoms. The Bertz CT molecular complexity index is 828. The highest BCUT2D eigenvalue weighted by Crippen LogP contribution is 2.17. The van der Waals surface area contributed by atoms with Crippen LogP contribution in [0.15, 0.2) is 34.2 Å². The third-order valence-corrected chi connectivity index (χ3v) is 4.99. The summed E-state index contributed by atoms with van der Waals surface area (Å²) >= 11 is 1.28. The maximum absolute atomic E-state index is 12.8. The van der Waals surface area contributed by atoms with Gasteiger partial charge in [0, 0.05) is 30.8 Å². The van der Waals surface area contributed by atoms with E-state index < -0.39 is 0 Å². The molecular weight excluding hydrogens is 334 g/mol. The quantitative estimate of drug-likeness (QED) is 0.636. The van der Waals surface area contributed by atoms with Crippen LogP contribution in [0.3, 0.4) is 0 Å². The van der Waals surface area contributed by atoms with Gasteiger partial charge < -0.3 is 5.32 Å². The highest BCUT2D eigenvalue weighted by Gasteiger charge is 2.15. The van der Waals surface area contributed by atoms with Gasteiger partial charge in [0.25, 0.3) is 5.56 Å². The molecule has 5 nitrogen and oxygen atoms in total. The van der Waals surface area contributed by atoms with Crippen molar-refractivity contribution in [2.45, 2.75) is 45.3 Å². The van der Waals surface area contributed by atoms with Gasteiger partial charge in [-0.1, -0.05) is 36.0 Å². The summed E-state index contributed by atoms with van der Waals surface area (Å²) in [7, 11) is 1.71. The van der Waals surface area contributed by atoms with Gasteiger partial charge in [0.15, 0.2) is 5.16 Å². The van der Waals surface area contributed by atoms with Crippen LogP contribution in [0.5, 0.6) is 0 Å². The van der Waals surface area contributed by atoms with Crippen molar-refractivity contribution in [1.82, 2.24) is 14.9 Å². The molecule has 0 aliphatic heterocycles. The predicted octanol–water partition coefficient (Wildman–Crippen LogP) is 2.60. The van der Waals surface area contributed by atoms with E-state index >= 15 is 0 Å². The Morgan fingerprint density at radius 2 is 1.96 bits per heavy atom. The second kappa shape index (κ2) is 8.34. The van der Waals surface area contributed by atoms with Crippen LogP contribution in [0.4, 0.5) is 0 Å². The lowest BCUT2D eigenvalue weighted by Crippen LogP contribution is -2.32. The minimum absolute atomic E-state index is 0.0532. The summed E-state index contributed by atoms with van der Waals surface area (Å²) in [5.41, 5.74) is 3.65. The number of nitrogens with zero attached hydrogens (tertiary/aromatic N) is 2. The Labute approximate surface area is 152 Å². The summed E-state index contributed by atoms with van der Waals surface area (Å²) in [6.07, 6.45) is 0.566. The average molecular weight is 359 g/mol. The Morgan fingerprint density at radius 1 is 1.28 bits per heavy atom. The molecular formula is C19H25N3O2S. The maximum atomic E-state index is 12.8. The number of aromatic nitrogens is 2. The molecule has 134 valence electrons. The number of hydrogen-bond donors (Lipinski definition) is 1. The molecule has 0 unspecified atom stereocenters. The summed E-state index contributed by atoms with van der Waals surface area (Å²) in [6.45, 7) is 7.73. The van der Waals surface area contributed by atoms with Gasteiger partial charge in [-0.15, -0.1) is 0 Å². The van der Waals surface area contributed by atoms with Crippen LogP contribution >= 0.6 is 11.8 Å². The van der Waals surface area contributed by atoms with Crippen LogP contribution in [0, 0.1) is 13.8 Å². The summed E-state index contributed by atoms with van der Waals surface area (Å²) in [6, 6.07) is 8.15. The van der Waals surface area contributed by atoms with Crippen molar-refractivity contribution in [3.05, 3.63) is 57.0 Å². The first-order chi connectivity index (χ1) is 11.8. The molecule has 0 atom stereocenters. The molecule has 2 aromatic rings. The van der Waals surface area contributed by atoms with Crippen LogP contribution in [0.25, 0.3) is 0 Å². The zero-order valence-corrected chi connectivity index (χ0v) is 16.2. The summed E-state index contributed by atoms with van der Waals surface area (Å²) < 4.78 is 1.54. The first-order valence-electron chi connectivity index (χ1n) is 8.32. The maximum Gasteiger partial charge on any atom is 0.257 e. The fourth-order valence-corrected chi connectivity index (χ4v) is 3.38. The summed E-state index contributed by atoms with van der Waals surface area (Å²) in [5, 5.41) is 3.40. The van der Waals surface area contributed by atoms with Gasteiger partial charge in [-0.25, -0.2) is 4.98 Å². The van der Waals surface area contributed by atoms with Gasteiger partial charge >= 0.3 is 0 Å². The largest absolute Gasteiger partial charge is 0.353 e. The highest BCUT2D eigenvalue weighted by atomic mass is 32.2. The normalized spacial score (nSPS) is 11.0. The van der Waals surface area contributed by atoms with E-state index in [0.29, 0.717) is 17.1 Å². The lowest BCUT2D eigenvalue weighted by molar-refractivity contribution is -0.119. The molecule has 1 amide bonds. The van der Waals surface area contributed by atoms with Crippen LogP contribution < -0.4 is 10.9 Å². The molecule has 0 saturated heterocycles. The molecule has 0 bridgehead atoms. The Balaban J connectivity index is 2.23. The molecule has 0 spiro atoms. The number of thioether (sulfide) groups is 1. The SMILES string of the molecule is Cc1ccccc1Cc1c(C)nc(SCC(=O)NC(C)C)n(C)c1=O. The molecule has 1 aromatic heterocycles. The zero-order valence-electron chi connectivity index (χ0n) is 15.4. The van der Waals surface area contributed by atoms with Crippen molar-refractivity contribution in [2.24, 2.45) is 7.05 Å². The molecule has 0 fully saturated rings. The number of carbonyl (C=O) groups is 1. The molecule has 1 N–H and O–H groups in total. The lowest BCUT2D eigenvalue weighted by Gasteiger charge is -2.13. The van der Waals surface area contributed by atoms with E-state index in [1.54, 1.807) is 7.05 Å². The van der Waals surface area contributed by atoms with Gasteiger partial charge in [-0.3, -0.25) is 14.2 Å². The molecule has 1 aromatic carbocycles. The predicted molar refractivity (Wildman–Crippen MR) is 102 cm³/mol. The highest BCUT2D eigenvalue weighted by molar-refractivity contribution is 7.99.